The topological polar surface area (TPSA) is 26.0 Å². The van der Waals surface area contributed by atoms with Gasteiger partial charge >= 0.3 is 0 Å². The molecule has 2 heteroatoms. The number of nitrogens with zero attached hydrogens (tertiary/aromatic N) is 1. The molecular formula is C15H21NO. The van der Waals surface area contributed by atoms with Crippen molar-refractivity contribution >= 4 is 5.57 Å². The van der Waals surface area contributed by atoms with Crippen molar-refractivity contribution in [2.24, 2.45) is 0 Å². The minimum absolute atomic E-state index is 0.562. The van der Waals surface area contributed by atoms with E-state index in [4.69, 9.17) is 4.52 Å². The standard InChI is InChI=1S/C15H21NO/c1-4-12(5-2)14-11(3)17-16-15(14)13-9-7-6-8-10-13/h7,9-10,12H,4-6,8H2,1-3H3. The zero-order valence-corrected chi connectivity index (χ0v) is 11.0. The molecule has 2 nitrogen and oxygen atoms in total. The Morgan fingerprint density at radius 2 is 2.06 bits per heavy atom. The Bertz CT molecular complexity index is 436. The average molecular weight is 231 g/mol. The van der Waals surface area contributed by atoms with Crippen molar-refractivity contribution in [2.45, 2.75) is 52.4 Å². The van der Waals surface area contributed by atoms with E-state index < -0.39 is 0 Å². The number of allylic oxidation sites excluding steroid dienone is 4. The molecule has 1 aromatic rings. The first-order chi connectivity index (χ1) is 8.27. The minimum atomic E-state index is 0.562. The maximum absolute atomic E-state index is 5.41. The average Bonchev–Trinajstić information content (AvgIpc) is 2.75. The van der Waals surface area contributed by atoms with Gasteiger partial charge in [0.15, 0.2) is 0 Å². The Morgan fingerprint density at radius 1 is 1.29 bits per heavy atom. The first-order valence-corrected chi connectivity index (χ1v) is 6.61. The van der Waals surface area contributed by atoms with Crippen LogP contribution < -0.4 is 0 Å². The Kier molecular flexibility index (Phi) is 3.82. The smallest absolute Gasteiger partial charge is 0.137 e. The van der Waals surface area contributed by atoms with Gasteiger partial charge in [-0.1, -0.05) is 37.2 Å². The molecule has 0 radical (unpaired) electrons. The summed E-state index contributed by atoms with van der Waals surface area (Å²) in [5.41, 5.74) is 3.61. The molecule has 0 spiro atoms. The van der Waals surface area contributed by atoms with Crippen molar-refractivity contribution in [1.82, 2.24) is 5.16 Å². The molecule has 17 heavy (non-hydrogen) atoms. The summed E-state index contributed by atoms with van der Waals surface area (Å²) in [5, 5.41) is 4.26. The van der Waals surface area contributed by atoms with Gasteiger partial charge in [0.05, 0.1) is 0 Å². The second-order valence-electron chi connectivity index (χ2n) is 4.65. The lowest BCUT2D eigenvalue weighted by Gasteiger charge is -2.14. The van der Waals surface area contributed by atoms with Gasteiger partial charge in [-0.3, -0.25) is 0 Å². The highest BCUT2D eigenvalue weighted by Crippen LogP contribution is 2.34. The zero-order valence-electron chi connectivity index (χ0n) is 11.0. The summed E-state index contributed by atoms with van der Waals surface area (Å²) in [6.07, 6.45) is 11.2. The first kappa shape index (κ1) is 12.2. The highest BCUT2D eigenvalue weighted by atomic mass is 16.5. The summed E-state index contributed by atoms with van der Waals surface area (Å²) < 4.78 is 5.41. The lowest BCUT2D eigenvalue weighted by molar-refractivity contribution is 0.393. The third-order valence-corrected chi connectivity index (χ3v) is 3.57. The van der Waals surface area contributed by atoms with Crippen LogP contribution >= 0.6 is 0 Å². The summed E-state index contributed by atoms with van der Waals surface area (Å²) in [7, 11) is 0. The summed E-state index contributed by atoms with van der Waals surface area (Å²) in [5.74, 6) is 1.54. The number of hydrogen-bond donors (Lipinski definition) is 0. The molecule has 0 bridgehead atoms. The van der Waals surface area contributed by atoms with Crippen molar-refractivity contribution in [3.63, 3.8) is 0 Å². The molecule has 92 valence electrons. The Balaban J connectivity index is 2.41. The highest BCUT2D eigenvalue weighted by Gasteiger charge is 2.21. The van der Waals surface area contributed by atoms with Gasteiger partial charge in [0, 0.05) is 5.56 Å². The molecule has 0 N–H and O–H groups in total. The molecule has 0 aliphatic heterocycles. The van der Waals surface area contributed by atoms with E-state index in [9.17, 15) is 0 Å². The van der Waals surface area contributed by atoms with Gasteiger partial charge in [0.25, 0.3) is 0 Å². The summed E-state index contributed by atoms with van der Waals surface area (Å²) in [4.78, 5) is 0. The lowest BCUT2D eigenvalue weighted by atomic mass is 9.89. The van der Waals surface area contributed by atoms with E-state index >= 15 is 0 Å². The Labute approximate surface area is 103 Å². The van der Waals surface area contributed by atoms with E-state index in [0.29, 0.717) is 5.92 Å². The summed E-state index contributed by atoms with van der Waals surface area (Å²) in [6.45, 7) is 6.49. The molecule has 1 aliphatic carbocycles. The predicted octanol–water partition coefficient (Wildman–Crippen LogP) is 4.62. The Morgan fingerprint density at radius 3 is 2.65 bits per heavy atom. The van der Waals surface area contributed by atoms with Crippen LogP contribution in [0.2, 0.25) is 0 Å². The first-order valence-electron chi connectivity index (χ1n) is 6.61. The van der Waals surface area contributed by atoms with E-state index in [1.807, 2.05) is 6.92 Å². The molecule has 0 atom stereocenters. The molecule has 1 aromatic heterocycles. The van der Waals surface area contributed by atoms with Crippen molar-refractivity contribution in [2.75, 3.05) is 0 Å². The van der Waals surface area contributed by atoms with Crippen LogP contribution in [0.3, 0.4) is 0 Å². The van der Waals surface area contributed by atoms with Gasteiger partial charge in [-0.15, -0.1) is 0 Å². The number of aromatic nitrogens is 1. The van der Waals surface area contributed by atoms with Crippen molar-refractivity contribution in [3.05, 3.63) is 35.2 Å². The van der Waals surface area contributed by atoms with E-state index in [1.165, 1.54) is 11.1 Å². The van der Waals surface area contributed by atoms with E-state index in [0.717, 1.165) is 37.1 Å². The van der Waals surface area contributed by atoms with Crippen LogP contribution in [-0.2, 0) is 0 Å². The monoisotopic (exact) mass is 231 g/mol. The predicted molar refractivity (Wildman–Crippen MR) is 70.9 cm³/mol. The van der Waals surface area contributed by atoms with Crippen LogP contribution in [0.1, 0.15) is 62.5 Å². The fraction of sp³-hybridized carbons (Fsp3) is 0.533. The molecule has 1 heterocycles. The van der Waals surface area contributed by atoms with E-state index in [-0.39, 0.29) is 0 Å². The summed E-state index contributed by atoms with van der Waals surface area (Å²) in [6, 6.07) is 0. The minimum Gasteiger partial charge on any atom is -0.361 e. The lowest BCUT2D eigenvalue weighted by Crippen LogP contribution is -2.00. The fourth-order valence-corrected chi connectivity index (χ4v) is 2.55. The molecule has 0 unspecified atom stereocenters. The second-order valence-corrected chi connectivity index (χ2v) is 4.65. The normalized spacial score (nSPS) is 15.4. The van der Waals surface area contributed by atoms with Gasteiger partial charge in [0.2, 0.25) is 0 Å². The van der Waals surface area contributed by atoms with Crippen LogP contribution in [0.5, 0.6) is 0 Å². The number of hydrogen-bond acceptors (Lipinski definition) is 2. The van der Waals surface area contributed by atoms with Crippen molar-refractivity contribution in [1.29, 1.82) is 0 Å². The molecule has 0 aromatic carbocycles. The zero-order chi connectivity index (χ0) is 12.3. The maximum Gasteiger partial charge on any atom is 0.137 e. The third-order valence-electron chi connectivity index (χ3n) is 3.57. The van der Waals surface area contributed by atoms with Gasteiger partial charge < -0.3 is 4.52 Å². The molecule has 0 amide bonds. The number of rotatable bonds is 4. The molecule has 0 saturated carbocycles. The van der Waals surface area contributed by atoms with Gasteiger partial charge in [0.1, 0.15) is 11.5 Å². The van der Waals surface area contributed by atoms with Crippen LogP contribution in [0.4, 0.5) is 0 Å². The maximum atomic E-state index is 5.41. The van der Waals surface area contributed by atoms with Crippen LogP contribution in [0.25, 0.3) is 5.57 Å². The van der Waals surface area contributed by atoms with Crippen LogP contribution in [0.15, 0.2) is 22.8 Å². The molecule has 1 aliphatic rings. The molecular weight excluding hydrogens is 210 g/mol. The van der Waals surface area contributed by atoms with Crippen molar-refractivity contribution < 1.29 is 4.52 Å². The number of aryl methyl sites for hydroxylation is 1. The summed E-state index contributed by atoms with van der Waals surface area (Å²) >= 11 is 0. The van der Waals surface area contributed by atoms with Gasteiger partial charge in [-0.25, -0.2) is 0 Å². The molecule has 2 rings (SSSR count). The molecule has 0 fully saturated rings. The Hall–Kier alpha value is -1.31. The SMILES string of the molecule is CCC(CC)c1c(C2=CCCC=C2)noc1C. The highest BCUT2D eigenvalue weighted by molar-refractivity contribution is 5.74. The van der Waals surface area contributed by atoms with E-state index in [1.54, 1.807) is 0 Å². The van der Waals surface area contributed by atoms with Gasteiger partial charge in [-0.2, -0.15) is 0 Å². The van der Waals surface area contributed by atoms with Crippen LogP contribution in [0, 0.1) is 6.92 Å². The van der Waals surface area contributed by atoms with Crippen LogP contribution in [-0.4, -0.2) is 5.16 Å². The largest absolute Gasteiger partial charge is 0.361 e. The fourth-order valence-electron chi connectivity index (χ4n) is 2.55. The third kappa shape index (κ3) is 2.36. The van der Waals surface area contributed by atoms with Gasteiger partial charge in [-0.05, 0) is 44.1 Å². The second kappa shape index (κ2) is 5.35. The molecule has 0 saturated heterocycles. The van der Waals surface area contributed by atoms with E-state index in [2.05, 4.69) is 37.2 Å². The quantitative estimate of drug-likeness (QED) is 0.755. The van der Waals surface area contributed by atoms with Crippen molar-refractivity contribution in [3.8, 4) is 0 Å².